The second kappa shape index (κ2) is 9.11. The van der Waals surface area contributed by atoms with Crippen LogP contribution in [0.15, 0.2) is 47.4 Å². The molecule has 0 bridgehead atoms. The molecule has 0 atom stereocenters. The lowest BCUT2D eigenvalue weighted by Gasteiger charge is -2.14. The summed E-state index contributed by atoms with van der Waals surface area (Å²) in [5.74, 6) is 0.625. The van der Waals surface area contributed by atoms with Gasteiger partial charge in [-0.2, -0.15) is 0 Å². The maximum absolute atomic E-state index is 13.0. The molecule has 8 heteroatoms. The summed E-state index contributed by atoms with van der Waals surface area (Å²) >= 11 is 6.61. The van der Waals surface area contributed by atoms with Crippen molar-refractivity contribution in [2.45, 2.75) is 6.92 Å². The topological polar surface area (TPSA) is 65.1 Å². The summed E-state index contributed by atoms with van der Waals surface area (Å²) in [6.45, 7) is 2.05. The van der Waals surface area contributed by atoms with Crippen molar-refractivity contribution in [1.29, 1.82) is 0 Å². The maximum atomic E-state index is 13.0. The van der Waals surface area contributed by atoms with Crippen LogP contribution in [0.2, 0.25) is 0 Å². The molecule has 1 saturated heterocycles. The quantitative estimate of drug-likeness (QED) is 0.386. The summed E-state index contributed by atoms with van der Waals surface area (Å²) in [5.41, 5.74) is 1.71. The maximum Gasteiger partial charge on any atom is 0.338 e. The van der Waals surface area contributed by atoms with Crippen molar-refractivity contribution < 1.29 is 23.8 Å². The van der Waals surface area contributed by atoms with E-state index in [2.05, 4.69) is 0 Å². The summed E-state index contributed by atoms with van der Waals surface area (Å²) in [4.78, 5) is 26.7. The van der Waals surface area contributed by atoms with Crippen LogP contribution in [0, 0.1) is 0 Å². The van der Waals surface area contributed by atoms with E-state index in [0.717, 1.165) is 0 Å². The fourth-order valence-electron chi connectivity index (χ4n) is 2.74. The van der Waals surface area contributed by atoms with E-state index in [1.54, 1.807) is 69.7 Å². The van der Waals surface area contributed by atoms with Gasteiger partial charge in [0.2, 0.25) is 0 Å². The number of thioether (sulfide) groups is 1. The van der Waals surface area contributed by atoms with E-state index in [1.807, 2.05) is 0 Å². The molecule has 0 radical (unpaired) electrons. The minimum absolute atomic E-state index is 0.242. The predicted octanol–water partition coefficient (Wildman–Crippen LogP) is 4.29. The predicted molar refractivity (Wildman–Crippen MR) is 118 cm³/mol. The Balaban J connectivity index is 1.89. The minimum Gasteiger partial charge on any atom is -0.497 e. The third-order valence-electron chi connectivity index (χ3n) is 4.15. The number of carbonyl (C=O) groups excluding carboxylic acids is 2. The number of anilines is 1. The summed E-state index contributed by atoms with van der Waals surface area (Å²) in [7, 11) is 3.14. The van der Waals surface area contributed by atoms with Gasteiger partial charge >= 0.3 is 5.97 Å². The monoisotopic (exact) mass is 429 g/mol. The van der Waals surface area contributed by atoms with Gasteiger partial charge in [0.25, 0.3) is 5.91 Å². The number of methoxy groups -OCH3 is 2. The van der Waals surface area contributed by atoms with Gasteiger partial charge in [-0.25, -0.2) is 4.79 Å². The highest BCUT2D eigenvalue weighted by molar-refractivity contribution is 8.27. The summed E-state index contributed by atoms with van der Waals surface area (Å²) < 4.78 is 16.0. The van der Waals surface area contributed by atoms with Gasteiger partial charge in [0, 0.05) is 5.56 Å². The molecule has 1 aliphatic rings. The molecule has 0 N–H and O–H groups in total. The lowest BCUT2D eigenvalue weighted by Crippen LogP contribution is -2.27. The van der Waals surface area contributed by atoms with E-state index >= 15 is 0 Å². The molecule has 0 aliphatic carbocycles. The molecule has 2 aromatic rings. The van der Waals surface area contributed by atoms with Gasteiger partial charge in [-0.15, -0.1) is 0 Å². The third kappa shape index (κ3) is 4.44. The lowest BCUT2D eigenvalue weighted by molar-refractivity contribution is -0.113. The van der Waals surface area contributed by atoms with Crippen LogP contribution in [-0.2, 0) is 9.53 Å². The first-order chi connectivity index (χ1) is 14.0. The van der Waals surface area contributed by atoms with Gasteiger partial charge in [0.05, 0.1) is 37.0 Å². The highest BCUT2D eigenvalue weighted by atomic mass is 32.2. The summed E-state index contributed by atoms with van der Waals surface area (Å²) in [6.07, 6.45) is 1.73. The Kier molecular flexibility index (Phi) is 6.56. The van der Waals surface area contributed by atoms with Crippen LogP contribution < -0.4 is 14.4 Å². The van der Waals surface area contributed by atoms with Gasteiger partial charge in [-0.3, -0.25) is 9.69 Å². The fraction of sp³-hybridized carbons (Fsp3) is 0.190. The van der Waals surface area contributed by atoms with Crippen molar-refractivity contribution >= 4 is 51.9 Å². The molecule has 1 amide bonds. The Labute approximate surface area is 178 Å². The molecule has 1 fully saturated rings. The molecule has 150 valence electrons. The van der Waals surface area contributed by atoms with Gasteiger partial charge in [0.15, 0.2) is 4.32 Å². The Morgan fingerprint density at radius 2 is 1.86 bits per heavy atom. The molecule has 1 aliphatic heterocycles. The summed E-state index contributed by atoms with van der Waals surface area (Å²) in [6, 6.07) is 11.9. The fourth-order valence-corrected chi connectivity index (χ4v) is 4.03. The van der Waals surface area contributed by atoms with E-state index in [-0.39, 0.29) is 5.91 Å². The van der Waals surface area contributed by atoms with E-state index in [4.69, 9.17) is 26.4 Å². The molecular formula is C21H19NO5S2. The molecule has 0 aromatic heterocycles. The van der Waals surface area contributed by atoms with Gasteiger partial charge in [-0.1, -0.05) is 24.0 Å². The van der Waals surface area contributed by atoms with Gasteiger partial charge < -0.3 is 14.2 Å². The number of hydrogen-bond donors (Lipinski definition) is 0. The Bertz CT molecular complexity index is 985. The largest absolute Gasteiger partial charge is 0.497 e. The van der Waals surface area contributed by atoms with Crippen LogP contribution in [0.1, 0.15) is 22.8 Å². The number of nitrogens with zero attached hydrogens (tertiary/aromatic N) is 1. The Morgan fingerprint density at radius 3 is 2.48 bits per heavy atom. The zero-order valence-electron chi connectivity index (χ0n) is 16.1. The average molecular weight is 430 g/mol. The molecule has 0 spiro atoms. The van der Waals surface area contributed by atoms with Crippen LogP contribution in [0.3, 0.4) is 0 Å². The van der Waals surface area contributed by atoms with Crippen molar-refractivity contribution in [1.82, 2.24) is 0 Å². The van der Waals surface area contributed by atoms with Gasteiger partial charge in [-0.05, 0) is 55.5 Å². The molecule has 1 heterocycles. The number of carbonyl (C=O) groups is 2. The highest BCUT2D eigenvalue weighted by Crippen LogP contribution is 2.37. The van der Waals surface area contributed by atoms with Crippen molar-refractivity contribution in [3.8, 4) is 11.5 Å². The van der Waals surface area contributed by atoms with Crippen LogP contribution in [0.4, 0.5) is 5.69 Å². The van der Waals surface area contributed by atoms with Crippen LogP contribution in [-0.4, -0.2) is 37.0 Å². The van der Waals surface area contributed by atoms with Crippen molar-refractivity contribution in [2.75, 3.05) is 25.7 Å². The first-order valence-electron chi connectivity index (χ1n) is 8.75. The van der Waals surface area contributed by atoms with E-state index < -0.39 is 5.97 Å². The molecule has 2 aromatic carbocycles. The Hall–Kier alpha value is -2.84. The average Bonchev–Trinajstić information content (AvgIpc) is 3.01. The van der Waals surface area contributed by atoms with Crippen LogP contribution >= 0.6 is 24.0 Å². The Morgan fingerprint density at radius 1 is 1.14 bits per heavy atom. The lowest BCUT2D eigenvalue weighted by atomic mass is 10.1. The van der Waals surface area contributed by atoms with E-state index in [1.165, 1.54) is 16.7 Å². The number of ether oxygens (including phenoxy) is 3. The minimum atomic E-state index is -0.408. The number of rotatable bonds is 6. The number of amides is 1. The number of hydrogen-bond acceptors (Lipinski definition) is 7. The van der Waals surface area contributed by atoms with E-state index in [0.29, 0.717) is 44.1 Å². The molecule has 0 unspecified atom stereocenters. The third-order valence-corrected chi connectivity index (χ3v) is 5.46. The second-order valence-electron chi connectivity index (χ2n) is 5.89. The molecular weight excluding hydrogens is 410 g/mol. The summed E-state index contributed by atoms with van der Waals surface area (Å²) in [5, 5.41) is 0. The van der Waals surface area contributed by atoms with Crippen molar-refractivity contribution in [2.24, 2.45) is 0 Å². The number of esters is 1. The zero-order chi connectivity index (χ0) is 21.0. The molecule has 6 nitrogen and oxygen atoms in total. The molecule has 3 rings (SSSR count). The number of thiocarbonyl (C=S) groups is 1. The molecule has 29 heavy (non-hydrogen) atoms. The first-order valence-corrected chi connectivity index (χ1v) is 9.98. The standard InChI is InChI=1S/C21H19NO5S2/c1-4-27-20(24)13-5-7-15(8-6-13)22-19(23)18(29-21(22)28)12-14-11-16(25-2)9-10-17(14)26-3/h5-12H,4H2,1-3H3/b18-12-. The first kappa shape index (κ1) is 20.9. The SMILES string of the molecule is CCOC(=O)c1ccc(N2C(=O)/C(=C/c3cc(OC)ccc3OC)SC2=S)cc1. The molecule has 0 saturated carbocycles. The van der Waals surface area contributed by atoms with Crippen LogP contribution in [0.25, 0.3) is 6.08 Å². The second-order valence-corrected chi connectivity index (χ2v) is 7.57. The smallest absolute Gasteiger partial charge is 0.338 e. The normalized spacial score (nSPS) is 15.0. The van der Waals surface area contributed by atoms with E-state index in [9.17, 15) is 9.59 Å². The van der Waals surface area contributed by atoms with Crippen LogP contribution in [0.5, 0.6) is 11.5 Å². The number of benzene rings is 2. The highest BCUT2D eigenvalue weighted by Gasteiger charge is 2.33. The van der Waals surface area contributed by atoms with Crippen molar-refractivity contribution in [3.63, 3.8) is 0 Å². The zero-order valence-corrected chi connectivity index (χ0v) is 17.8. The van der Waals surface area contributed by atoms with Gasteiger partial charge in [0.1, 0.15) is 11.5 Å². The van der Waals surface area contributed by atoms with Crippen molar-refractivity contribution in [3.05, 3.63) is 58.5 Å².